The SMILES string of the molecule is CC(CC1CCC(C)(C)C1(C)C)OC(=O)C1CCCN1C(=O)C(CC1CC1)NC(=O)C(O)Cc1ccc(O)c(O)c1. The normalized spacial score (nSPS) is 25.4. The van der Waals surface area contributed by atoms with Crippen LogP contribution in [0.5, 0.6) is 11.5 Å². The zero-order valence-electron chi connectivity index (χ0n) is 25.2. The maximum absolute atomic E-state index is 13.7. The van der Waals surface area contributed by atoms with Gasteiger partial charge in [-0.05, 0) is 85.8 Å². The number of ether oxygens (including phenoxy) is 1. The van der Waals surface area contributed by atoms with Crippen molar-refractivity contribution in [2.24, 2.45) is 22.7 Å². The number of carbonyl (C=O) groups is 3. The number of phenols is 2. The fraction of sp³-hybridized carbons (Fsp3) is 0.719. The summed E-state index contributed by atoms with van der Waals surface area (Å²) < 4.78 is 5.92. The number of hydrogen-bond donors (Lipinski definition) is 4. The van der Waals surface area contributed by atoms with Crippen LogP contribution in [-0.4, -0.2) is 68.8 Å². The Morgan fingerprint density at radius 1 is 1.05 bits per heavy atom. The molecule has 4 rings (SSSR count). The van der Waals surface area contributed by atoms with Gasteiger partial charge in [-0.3, -0.25) is 9.59 Å². The van der Waals surface area contributed by atoms with E-state index < -0.39 is 24.1 Å². The van der Waals surface area contributed by atoms with Gasteiger partial charge in [0.05, 0.1) is 6.10 Å². The van der Waals surface area contributed by atoms with E-state index in [2.05, 4.69) is 33.0 Å². The third-order valence-corrected chi connectivity index (χ3v) is 10.3. The molecular formula is C32H48N2O7. The van der Waals surface area contributed by atoms with E-state index in [1.807, 2.05) is 6.92 Å². The number of amides is 2. The number of nitrogens with zero attached hydrogens (tertiary/aromatic N) is 1. The van der Waals surface area contributed by atoms with Gasteiger partial charge in [-0.25, -0.2) is 4.79 Å². The van der Waals surface area contributed by atoms with Crippen molar-refractivity contribution in [3.05, 3.63) is 23.8 Å². The minimum atomic E-state index is -1.45. The number of likely N-dealkylation sites (tertiary alicyclic amines) is 1. The van der Waals surface area contributed by atoms with Crippen LogP contribution in [-0.2, 0) is 25.5 Å². The van der Waals surface area contributed by atoms with Gasteiger partial charge < -0.3 is 30.3 Å². The molecule has 228 valence electrons. The minimum absolute atomic E-state index is 0.0877. The van der Waals surface area contributed by atoms with Crippen LogP contribution in [0.1, 0.15) is 91.5 Å². The van der Waals surface area contributed by atoms with E-state index in [0.29, 0.717) is 43.2 Å². The van der Waals surface area contributed by atoms with Gasteiger partial charge in [0, 0.05) is 13.0 Å². The molecule has 9 nitrogen and oxygen atoms in total. The Hall–Kier alpha value is -2.81. The van der Waals surface area contributed by atoms with Crippen LogP contribution in [0.3, 0.4) is 0 Å². The molecule has 1 aromatic rings. The van der Waals surface area contributed by atoms with Crippen molar-refractivity contribution >= 4 is 17.8 Å². The standard InChI is InChI=1S/C32H48N2O7/c1-19(15-22-12-13-31(2,3)32(22,4)5)41-30(40)24-7-6-14-34(24)29(39)23(16-20-8-9-20)33-28(38)27(37)18-21-10-11-25(35)26(36)17-21/h10-11,17,19-20,22-24,27,35-37H,6-9,12-16,18H2,1-5H3,(H,33,38). The molecule has 2 saturated carbocycles. The van der Waals surface area contributed by atoms with Crippen LogP contribution in [0.15, 0.2) is 18.2 Å². The molecule has 5 unspecified atom stereocenters. The summed E-state index contributed by atoms with van der Waals surface area (Å²) in [7, 11) is 0. The lowest BCUT2D eigenvalue weighted by Gasteiger charge is -2.40. The predicted octanol–water partition coefficient (Wildman–Crippen LogP) is 4.06. The first kappa shape index (κ1) is 31.1. The number of aromatic hydroxyl groups is 2. The zero-order chi connectivity index (χ0) is 30.1. The summed E-state index contributed by atoms with van der Waals surface area (Å²) in [5.74, 6) is -1.24. The third-order valence-electron chi connectivity index (χ3n) is 10.3. The van der Waals surface area contributed by atoms with Crippen LogP contribution in [0.4, 0.5) is 0 Å². The fourth-order valence-electron chi connectivity index (χ4n) is 6.57. The molecular weight excluding hydrogens is 524 g/mol. The Labute approximate surface area is 243 Å². The summed E-state index contributed by atoms with van der Waals surface area (Å²) in [5.41, 5.74) is 0.843. The van der Waals surface area contributed by atoms with E-state index >= 15 is 0 Å². The number of benzene rings is 1. The molecule has 0 aromatic heterocycles. The van der Waals surface area contributed by atoms with Crippen LogP contribution in [0, 0.1) is 22.7 Å². The molecule has 1 saturated heterocycles. The molecule has 3 aliphatic rings. The summed E-state index contributed by atoms with van der Waals surface area (Å²) in [6.45, 7) is 11.6. The summed E-state index contributed by atoms with van der Waals surface area (Å²) in [4.78, 5) is 41.5. The van der Waals surface area contributed by atoms with E-state index in [1.54, 1.807) is 4.90 Å². The molecule has 3 fully saturated rings. The van der Waals surface area contributed by atoms with Crippen LogP contribution in [0.25, 0.3) is 0 Å². The van der Waals surface area contributed by atoms with E-state index in [9.17, 15) is 29.7 Å². The second kappa shape index (κ2) is 12.2. The molecule has 0 spiro atoms. The number of nitrogens with one attached hydrogen (secondary N) is 1. The molecule has 41 heavy (non-hydrogen) atoms. The van der Waals surface area contributed by atoms with Crippen molar-refractivity contribution in [1.82, 2.24) is 10.2 Å². The average molecular weight is 573 g/mol. The number of rotatable bonds is 11. The Morgan fingerprint density at radius 2 is 1.76 bits per heavy atom. The van der Waals surface area contributed by atoms with Crippen molar-refractivity contribution in [3.8, 4) is 11.5 Å². The number of hydrogen-bond acceptors (Lipinski definition) is 7. The quantitative estimate of drug-likeness (QED) is 0.232. The minimum Gasteiger partial charge on any atom is -0.504 e. The monoisotopic (exact) mass is 572 g/mol. The Balaban J connectivity index is 1.36. The van der Waals surface area contributed by atoms with Crippen molar-refractivity contribution < 1.29 is 34.4 Å². The predicted molar refractivity (Wildman–Crippen MR) is 154 cm³/mol. The van der Waals surface area contributed by atoms with Gasteiger partial charge in [0.15, 0.2) is 11.5 Å². The highest BCUT2D eigenvalue weighted by molar-refractivity contribution is 5.92. The Morgan fingerprint density at radius 3 is 2.37 bits per heavy atom. The number of aliphatic hydroxyl groups is 1. The molecule has 9 heteroatoms. The summed E-state index contributed by atoms with van der Waals surface area (Å²) in [6, 6.07) is 2.56. The first-order chi connectivity index (χ1) is 19.2. The topological polar surface area (TPSA) is 136 Å². The summed E-state index contributed by atoms with van der Waals surface area (Å²) in [5, 5.41) is 32.5. The van der Waals surface area contributed by atoms with Gasteiger partial charge in [-0.2, -0.15) is 0 Å². The highest BCUT2D eigenvalue weighted by Crippen LogP contribution is 2.57. The maximum atomic E-state index is 13.7. The van der Waals surface area contributed by atoms with Crippen molar-refractivity contribution in [2.75, 3.05) is 6.54 Å². The summed E-state index contributed by atoms with van der Waals surface area (Å²) >= 11 is 0. The smallest absolute Gasteiger partial charge is 0.329 e. The van der Waals surface area contributed by atoms with Crippen LogP contribution in [0.2, 0.25) is 0 Å². The lowest BCUT2D eigenvalue weighted by Crippen LogP contribution is -2.54. The number of carbonyl (C=O) groups excluding carboxylic acids is 3. The highest BCUT2D eigenvalue weighted by Gasteiger charge is 2.49. The van der Waals surface area contributed by atoms with Crippen molar-refractivity contribution in [2.45, 2.75) is 117 Å². The zero-order valence-corrected chi connectivity index (χ0v) is 25.2. The third kappa shape index (κ3) is 7.16. The van der Waals surface area contributed by atoms with Gasteiger partial charge in [0.25, 0.3) is 0 Å². The molecule has 2 aliphatic carbocycles. The molecule has 1 heterocycles. The molecule has 1 aromatic carbocycles. The first-order valence-electron chi connectivity index (χ1n) is 15.2. The van der Waals surface area contributed by atoms with E-state index in [-0.39, 0.29) is 46.7 Å². The molecule has 0 bridgehead atoms. The van der Waals surface area contributed by atoms with Crippen LogP contribution < -0.4 is 5.32 Å². The Kier molecular flexibility index (Phi) is 9.26. The fourth-order valence-corrected chi connectivity index (χ4v) is 6.57. The lowest BCUT2D eigenvalue weighted by molar-refractivity contribution is -0.159. The van der Waals surface area contributed by atoms with E-state index in [1.165, 1.54) is 18.2 Å². The largest absolute Gasteiger partial charge is 0.504 e. The van der Waals surface area contributed by atoms with Crippen LogP contribution >= 0.6 is 0 Å². The Bertz CT molecular complexity index is 1130. The van der Waals surface area contributed by atoms with E-state index in [4.69, 9.17) is 4.74 Å². The summed E-state index contributed by atoms with van der Waals surface area (Å²) in [6.07, 6.45) is 4.88. The maximum Gasteiger partial charge on any atom is 0.329 e. The number of esters is 1. The van der Waals surface area contributed by atoms with Gasteiger partial charge in [-0.15, -0.1) is 0 Å². The van der Waals surface area contributed by atoms with Gasteiger partial charge in [0.2, 0.25) is 11.8 Å². The van der Waals surface area contributed by atoms with Gasteiger partial charge >= 0.3 is 5.97 Å². The van der Waals surface area contributed by atoms with Gasteiger partial charge in [-0.1, -0.05) is 46.6 Å². The lowest BCUT2D eigenvalue weighted by atomic mass is 9.66. The molecule has 2 amide bonds. The highest BCUT2D eigenvalue weighted by atomic mass is 16.5. The molecule has 5 atom stereocenters. The second-order valence-electron chi connectivity index (χ2n) is 13.8. The van der Waals surface area contributed by atoms with Gasteiger partial charge in [0.1, 0.15) is 18.2 Å². The number of phenolic OH excluding ortho intramolecular Hbond substituents is 2. The average Bonchev–Trinajstić information content (AvgIpc) is 3.53. The molecule has 4 N–H and O–H groups in total. The van der Waals surface area contributed by atoms with Crippen molar-refractivity contribution in [1.29, 1.82) is 0 Å². The molecule has 1 aliphatic heterocycles. The molecule has 0 radical (unpaired) electrons. The van der Waals surface area contributed by atoms with Crippen molar-refractivity contribution in [3.63, 3.8) is 0 Å². The second-order valence-corrected chi connectivity index (χ2v) is 13.8. The van der Waals surface area contributed by atoms with E-state index in [0.717, 1.165) is 32.1 Å². The number of aliphatic hydroxyl groups excluding tert-OH is 1. The first-order valence-corrected chi connectivity index (χ1v) is 15.2.